The average molecular weight is 530 g/mol. The van der Waals surface area contributed by atoms with Gasteiger partial charge in [0.05, 0.1) is 23.7 Å². The number of hydrogen-bond donors (Lipinski definition) is 2. The van der Waals surface area contributed by atoms with Crippen molar-refractivity contribution in [1.82, 2.24) is 14.4 Å². The summed E-state index contributed by atoms with van der Waals surface area (Å²) in [5, 5.41) is 11.2. The molecule has 0 unspecified atom stereocenters. The Morgan fingerprint density at radius 3 is 2.24 bits per heavy atom. The molecule has 0 aliphatic heterocycles. The molecule has 38 heavy (non-hydrogen) atoms. The van der Waals surface area contributed by atoms with E-state index in [9.17, 15) is 13.5 Å². The molecular formula is C29H27N3O5S. The monoisotopic (exact) mass is 529 g/mol. The lowest BCUT2D eigenvalue weighted by molar-refractivity contribution is 0.316. The van der Waals surface area contributed by atoms with Crippen molar-refractivity contribution >= 4 is 15.8 Å². The van der Waals surface area contributed by atoms with Crippen LogP contribution in [0.5, 0.6) is 11.6 Å². The van der Waals surface area contributed by atoms with Gasteiger partial charge in [-0.2, -0.15) is 8.42 Å². The molecule has 5 rings (SSSR count). The zero-order chi connectivity index (χ0) is 26.5. The summed E-state index contributed by atoms with van der Waals surface area (Å²) in [6, 6.07) is 27.2. The molecule has 0 aliphatic carbocycles. The maximum absolute atomic E-state index is 11.2. The Labute approximate surface area is 221 Å². The van der Waals surface area contributed by atoms with E-state index in [0.717, 1.165) is 28.1 Å². The van der Waals surface area contributed by atoms with E-state index in [1.54, 1.807) is 16.7 Å². The largest absolute Gasteiger partial charge is 0.494 e. The van der Waals surface area contributed by atoms with Crippen LogP contribution >= 0.6 is 0 Å². The van der Waals surface area contributed by atoms with E-state index in [1.807, 2.05) is 78.9 Å². The molecule has 2 aromatic heterocycles. The van der Waals surface area contributed by atoms with Gasteiger partial charge in [-0.1, -0.05) is 72.8 Å². The van der Waals surface area contributed by atoms with Crippen molar-refractivity contribution in [3.8, 4) is 22.9 Å². The fourth-order valence-corrected chi connectivity index (χ4v) is 4.77. The van der Waals surface area contributed by atoms with Crippen LogP contribution in [0.4, 0.5) is 0 Å². The van der Waals surface area contributed by atoms with E-state index >= 15 is 0 Å². The summed E-state index contributed by atoms with van der Waals surface area (Å²) in [6.07, 6.45) is 2.91. The van der Waals surface area contributed by atoms with Gasteiger partial charge in [-0.15, -0.1) is 0 Å². The van der Waals surface area contributed by atoms with E-state index in [-0.39, 0.29) is 24.7 Å². The molecule has 2 N–H and O–H groups in total. The molecule has 0 bridgehead atoms. The summed E-state index contributed by atoms with van der Waals surface area (Å²) in [5.74, 6) is 0.263. The summed E-state index contributed by atoms with van der Waals surface area (Å²) < 4.78 is 38.0. The Morgan fingerprint density at radius 1 is 0.816 bits per heavy atom. The van der Waals surface area contributed by atoms with Gasteiger partial charge >= 0.3 is 0 Å². The Balaban J connectivity index is 1.45. The Morgan fingerprint density at radius 2 is 1.50 bits per heavy atom. The van der Waals surface area contributed by atoms with Crippen LogP contribution in [-0.4, -0.2) is 44.8 Å². The second-order valence-electron chi connectivity index (χ2n) is 8.99. The topological polar surface area (TPSA) is 114 Å². The molecule has 0 spiro atoms. The SMILES string of the molecule is O=S(=O)(O)CCCOc1cccc(Cc2nc3c(Cc4ccccc4)nc(-c4ccccc4)cn3c2O)c1. The summed E-state index contributed by atoms with van der Waals surface area (Å²) in [6.45, 7) is 0.152. The van der Waals surface area contributed by atoms with Gasteiger partial charge in [-0.05, 0) is 29.7 Å². The van der Waals surface area contributed by atoms with Crippen LogP contribution in [0, 0.1) is 0 Å². The summed E-state index contributed by atoms with van der Waals surface area (Å²) in [7, 11) is -4.01. The van der Waals surface area contributed by atoms with Gasteiger partial charge in [0.15, 0.2) is 5.65 Å². The number of nitrogens with zero attached hydrogens (tertiary/aromatic N) is 3. The Bertz CT molecular complexity index is 1650. The number of hydrogen-bond acceptors (Lipinski definition) is 6. The molecule has 0 saturated heterocycles. The average Bonchev–Trinajstić information content (AvgIpc) is 3.23. The third-order valence-corrected chi connectivity index (χ3v) is 6.89. The van der Waals surface area contributed by atoms with Crippen molar-refractivity contribution in [3.05, 3.63) is 114 Å². The predicted molar refractivity (Wildman–Crippen MR) is 145 cm³/mol. The van der Waals surface area contributed by atoms with Crippen LogP contribution < -0.4 is 4.74 Å². The molecule has 8 nitrogen and oxygen atoms in total. The highest BCUT2D eigenvalue weighted by Crippen LogP contribution is 2.29. The normalized spacial score (nSPS) is 11.6. The van der Waals surface area contributed by atoms with E-state index in [4.69, 9.17) is 19.3 Å². The molecule has 0 saturated carbocycles. The van der Waals surface area contributed by atoms with Crippen LogP contribution in [-0.2, 0) is 23.0 Å². The van der Waals surface area contributed by atoms with E-state index in [2.05, 4.69) is 0 Å². The number of aromatic nitrogens is 3. The molecule has 194 valence electrons. The van der Waals surface area contributed by atoms with Crippen LogP contribution in [0.25, 0.3) is 16.9 Å². The van der Waals surface area contributed by atoms with E-state index < -0.39 is 10.1 Å². The van der Waals surface area contributed by atoms with Crippen molar-refractivity contribution < 1.29 is 22.8 Å². The van der Waals surface area contributed by atoms with Gasteiger partial charge in [0.2, 0.25) is 5.88 Å². The second-order valence-corrected chi connectivity index (χ2v) is 10.6. The van der Waals surface area contributed by atoms with Crippen LogP contribution in [0.3, 0.4) is 0 Å². The minimum absolute atomic E-state index is 0.0494. The van der Waals surface area contributed by atoms with Gasteiger partial charge in [0.25, 0.3) is 10.1 Å². The van der Waals surface area contributed by atoms with Crippen molar-refractivity contribution in [2.45, 2.75) is 19.3 Å². The number of benzene rings is 3. The lowest BCUT2D eigenvalue weighted by Gasteiger charge is -2.08. The highest BCUT2D eigenvalue weighted by Gasteiger charge is 2.18. The number of imidazole rings is 1. The first-order valence-corrected chi connectivity index (χ1v) is 13.8. The predicted octanol–water partition coefficient (Wildman–Crippen LogP) is 4.94. The highest BCUT2D eigenvalue weighted by atomic mass is 32.2. The lowest BCUT2D eigenvalue weighted by atomic mass is 10.1. The molecule has 5 aromatic rings. The smallest absolute Gasteiger partial charge is 0.264 e. The van der Waals surface area contributed by atoms with Gasteiger partial charge in [-0.25, -0.2) is 9.97 Å². The Hall–Kier alpha value is -4.21. The van der Waals surface area contributed by atoms with E-state index in [0.29, 0.717) is 29.9 Å². The fourth-order valence-electron chi connectivity index (χ4n) is 4.29. The molecule has 2 heterocycles. The van der Waals surface area contributed by atoms with Gasteiger partial charge in [-0.3, -0.25) is 8.95 Å². The fraction of sp³-hybridized carbons (Fsp3) is 0.172. The molecule has 0 radical (unpaired) electrons. The van der Waals surface area contributed by atoms with Gasteiger partial charge in [0, 0.05) is 24.6 Å². The zero-order valence-electron chi connectivity index (χ0n) is 20.6. The Kier molecular flexibility index (Phi) is 7.39. The third-order valence-electron chi connectivity index (χ3n) is 6.09. The summed E-state index contributed by atoms with van der Waals surface area (Å²) >= 11 is 0. The molecule has 0 aliphatic rings. The zero-order valence-corrected chi connectivity index (χ0v) is 21.4. The molecule has 9 heteroatoms. The maximum atomic E-state index is 11.2. The van der Waals surface area contributed by atoms with Gasteiger partial charge in [0.1, 0.15) is 11.4 Å². The van der Waals surface area contributed by atoms with Crippen molar-refractivity contribution in [1.29, 1.82) is 0 Å². The number of fused-ring (bicyclic) bond motifs is 1. The highest BCUT2D eigenvalue weighted by molar-refractivity contribution is 7.85. The standard InChI is InChI=1S/C29H27N3O5S/c33-29-26(19-22-11-7-14-24(17-22)37-15-8-16-38(34,35)36)31-28-25(18-21-9-3-1-4-10-21)30-27(20-32(28)29)23-12-5-2-6-13-23/h1-7,9-14,17,20,33H,8,15-16,18-19H2,(H,34,35,36). The van der Waals surface area contributed by atoms with E-state index in [1.165, 1.54) is 0 Å². The second kappa shape index (κ2) is 11.0. The van der Waals surface area contributed by atoms with Crippen LogP contribution in [0.2, 0.25) is 0 Å². The first kappa shape index (κ1) is 25.4. The molecule has 3 aromatic carbocycles. The van der Waals surface area contributed by atoms with Crippen LogP contribution in [0.1, 0.15) is 28.9 Å². The molecule has 0 atom stereocenters. The third kappa shape index (κ3) is 6.19. The first-order valence-electron chi connectivity index (χ1n) is 12.2. The summed E-state index contributed by atoms with van der Waals surface area (Å²) in [4.78, 5) is 9.71. The minimum atomic E-state index is -4.01. The quantitative estimate of drug-likeness (QED) is 0.195. The van der Waals surface area contributed by atoms with Crippen molar-refractivity contribution in [2.75, 3.05) is 12.4 Å². The van der Waals surface area contributed by atoms with Crippen molar-refractivity contribution in [2.24, 2.45) is 0 Å². The number of ether oxygens (including phenoxy) is 1. The first-order chi connectivity index (χ1) is 18.4. The van der Waals surface area contributed by atoms with Crippen LogP contribution in [0.15, 0.2) is 91.1 Å². The van der Waals surface area contributed by atoms with Crippen molar-refractivity contribution in [3.63, 3.8) is 0 Å². The molecular weight excluding hydrogens is 502 g/mol. The minimum Gasteiger partial charge on any atom is -0.494 e. The van der Waals surface area contributed by atoms with Gasteiger partial charge < -0.3 is 9.84 Å². The lowest BCUT2D eigenvalue weighted by Crippen LogP contribution is -2.08. The molecule has 0 amide bonds. The number of aromatic hydroxyl groups is 1. The number of rotatable bonds is 10. The summed E-state index contributed by atoms with van der Waals surface area (Å²) in [5.41, 5.74) is 5.51. The molecule has 0 fully saturated rings. The maximum Gasteiger partial charge on any atom is 0.264 e.